The first-order chi connectivity index (χ1) is 13.4. The van der Waals surface area contributed by atoms with E-state index in [9.17, 15) is 4.79 Å². The molecule has 28 heavy (non-hydrogen) atoms. The van der Waals surface area contributed by atoms with Crippen LogP contribution in [0.1, 0.15) is 16.9 Å². The molecule has 144 valence electrons. The van der Waals surface area contributed by atoms with Gasteiger partial charge in [-0.1, -0.05) is 17.7 Å². The highest BCUT2D eigenvalue weighted by molar-refractivity contribution is 9.10. The van der Waals surface area contributed by atoms with E-state index in [1.165, 1.54) is 6.21 Å². The third-order valence-electron chi connectivity index (χ3n) is 3.86. The quantitative estimate of drug-likeness (QED) is 0.389. The number of hydrogen-bond donors (Lipinski definition) is 1. The zero-order valence-corrected chi connectivity index (χ0v) is 17.7. The number of amides is 1. The monoisotopic (exact) mass is 460 g/mol. The van der Waals surface area contributed by atoms with Crippen molar-refractivity contribution < 1.29 is 13.9 Å². The fourth-order valence-corrected chi connectivity index (χ4v) is 3.53. The van der Waals surface area contributed by atoms with E-state index < -0.39 is 0 Å². The Morgan fingerprint density at radius 2 is 1.96 bits per heavy atom. The average molecular weight is 462 g/mol. The molecule has 0 aliphatic carbocycles. The van der Waals surface area contributed by atoms with Gasteiger partial charge < -0.3 is 9.15 Å². The molecule has 1 aromatic heterocycles. The number of carbonyl (C=O) groups is 1. The van der Waals surface area contributed by atoms with Crippen LogP contribution in [-0.4, -0.2) is 18.7 Å². The van der Waals surface area contributed by atoms with Crippen LogP contribution in [0.4, 0.5) is 0 Å². The van der Waals surface area contributed by atoms with Gasteiger partial charge in [-0.2, -0.15) is 5.10 Å². The fourth-order valence-electron chi connectivity index (χ4n) is 2.61. The summed E-state index contributed by atoms with van der Waals surface area (Å²) in [5.41, 5.74) is 5.39. The van der Waals surface area contributed by atoms with Crippen LogP contribution < -0.4 is 10.2 Å². The Morgan fingerprint density at radius 3 is 2.68 bits per heavy atom. The minimum Gasteiger partial charge on any atom is -0.482 e. The number of halogens is 2. The molecule has 3 rings (SSSR count). The molecule has 0 spiro atoms. The molecule has 0 aliphatic rings. The summed E-state index contributed by atoms with van der Waals surface area (Å²) in [7, 11) is 0. The van der Waals surface area contributed by atoms with Crippen LogP contribution in [0, 0.1) is 13.8 Å². The summed E-state index contributed by atoms with van der Waals surface area (Å²) in [4.78, 5) is 11.9. The van der Waals surface area contributed by atoms with Gasteiger partial charge in [-0.05, 0) is 83.4 Å². The maximum Gasteiger partial charge on any atom is 0.277 e. The normalized spacial score (nSPS) is 11.0. The lowest BCUT2D eigenvalue weighted by molar-refractivity contribution is -0.123. The second kappa shape index (κ2) is 9.08. The number of furan rings is 1. The molecule has 1 amide bonds. The van der Waals surface area contributed by atoms with Gasteiger partial charge in [0.1, 0.15) is 17.3 Å². The van der Waals surface area contributed by atoms with Crippen molar-refractivity contribution in [2.75, 3.05) is 6.61 Å². The van der Waals surface area contributed by atoms with Crippen molar-refractivity contribution in [1.29, 1.82) is 0 Å². The number of benzene rings is 2. The predicted molar refractivity (Wildman–Crippen MR) is 114 cm³/mol. The Morgan fingerprint density at radius 1 is 1.21 bits per heavy atom. The molecule has 0 aliphatic heterocycles. The van der Waals surface area contributed by atoms with Gasteiger partial charge in [0.2, 0.25) is 0 Å². The number of hydrogen-bond acceptors (Lipinski definition) is 4. The molecule has 0 fully saturated rings. The Labute approximate surface area is 176 Å². The number of carbonyl (C=O) groups excluding carboxylic acids is 1. The maximum absolute atomic E-state index is 11.9. The molecule has 0 radical (unpaired) electrons. The first-order valence-corrected chi connectivity index (χ1v) is 9.66. The van der Waals surface area contributed by atoms with Crippen molar-refractivity contribution in [1.82, 2.24) is 5.43 Å². The molecular weight excluding hydrogens is 444 g/mol. The molecule has 0 saturated carbocycles. The standard InChI is InChI=1S/C21H18BrClN2O3/c1-13-9-14(2)21(18(22)10-13)27-12-20(26)25-24-11-17-7-8-19(28-17)15-3-5-16(23)6-4-15/h3-11H,12H2,1-2H3,(H,25,26). The van der Waals surface area contributed by atoms with Crippen molar-refractivity contribution in [3.8, 4) is 17.1 Å². The number of nitrogens with zero attached hydrogens (tertiary/aromatic N) is 1. The molecule has 1 heterocycles. The Hall–Kier alpha value is -2.57. The third-order valence-corrected chi connectivity index (χ3v) is 4.70. The number of hydrazone groups is 1. The lowest BCUT2D eigenvalue weighted by Crippen LogP contribution is -2.24. The van der Waals surface area contributed by atoms with Gasteiger partial charge in [-0.3, -0.25) is 4.79 Å². The second-order valence-corrected chi connectivity index (χ2v) is 7.47. The summed E-state index contributed by atoms with van der Waals surface area (Å²) in [5, 5.41) is 4.56. The van der Waals surface area contributed by atoms with E-state index in [0.29, 0.717) is 22.3 Å². The zero-order valence-electron chi connectivity index (χ0n) is 15.3. The van der Waals surface area contributed by atoms with Gasteiger partial charge >= 0.3 is 0 Å². The van der Waals surface area contributed by atoms with Gasteiger partial charge in [0, 0.05) is 10.6 Å². The highest BCUT2D eigenvalue weighted by Crippen LogP contribution is 2.30. The molecule has 7 heteroatoms. The van der Waals surface area contributed by atoms with Crippen LogP contribution in [-0.2, 0) is 4.79 Å². The number of nitrogens with one attached hydrogen (secondary N) is 1. The summed E-state index contributed by atoms with van der Waals surface area (Å²) in [5.74, 6) is 1.48. The first kappa shape index (κ1) is 20.2. The Balaban J connectivity index is 1.54. The Bertz CT molecular complexity index is 990. The third kappa shape index (κ3) is 5.24. The van der Waals surface area contributed by atoms with E-state index in [0.717, 1.165) is 21.2 Å². The molecule has 1 N–H and O–H groups in total. The molecular formula is C21H18BrClN2O3. The minimum atomic E-state index is -0.368. The highest BCUT2D eigenvalue weighted by Gasteiger charge is 2.09. The van der Waals surface area contributed by atoms with E-state index in [4.69, 9.17) is 20.8 Å². The number of rotatable bonds is 6. The van der Waals surface area contributed by atoms with E-state index in [-0.39, 0.29) is 12.5 Å². The van der Waals surface area contributed by atoms with E-state index >= 15 is 0 Å². The van der Waals surface area contributed by atoms with Gasteiger partial charge in [0.25, 0.3) is 5.91 Å². The van der Waals surface area contributed by atoms with Crippen LogP contribution in [0.15, 0.2) is 62.5 Å². The van der Waals surface area contributed by atoms with Gasteiger partial charge in [0.15, 0.2) is 6.61 Å². The van der Waals surface area contributed by atoms with E-state index in [2.05, 4.69) is 26.5 Å². The topological polar surface area (TPSA) is 63.8 Å². The van der Waals surface area contributed by atoms with Crippen LogP contribution in [0.3, 0.4) is 0 Å². The van der Waals surface area contributed by atoms with Crippen molar-refractivity contribution in [2.45, 2.75) is 13.8 Å². The highest BCUT2D eigenvalue weighted by atomic mass is 79.9. The molecule has 0 saturated heterocycles. The van der Waals surface area contributed by atoms with Crippen molar-refractivity contribution >= 4 is 39.7 Å². The fraction of sp³-hybridized carbons (Fsp3) is 0.143. The summed E-state index contributed by atoms with van der Waals surface area (Å²) < 4.78 is 12.1. The lowest BCUT2D eigenvalue weighted by Gasteiger charge is -2.11. The van der Waals surface area contributed by atoms with Crippen LogP contribution in [0.2, 0.25) is 5.02 Å². The summed E-state index contributed by atoms with van der Waals surface area (Å²) in [6, 6.07) is 14.8. The maximum atomic E-state index is 11.9. The Kier molecular flexibility index (Phi) is 6.54. The first-order valence-electron chi connectivity index (χ1n) is 8.49. The lowest BCUT2D eigenvalue weighted by atomic mass is 10.1. The largest absolute Gasteiger partial charge is 0.482 e. The SMILES string of the molecule is Cc1cc(C)c(OCC(=O)NN=Cc2ccc(-c3ccc(Cl)cc3)o2)c(Br)c1. The van der Waals surface area contributed by atoms with Crippen LogP contribution in [0.25, 0.3) is 11.3 Å². The van der Waals surface area contributed by atoms with Crippen molar-refractivity contribution in [3.63, 3.8) is 0 Å². The van der Waals surface area contributed by atoms with E-state index in [1.54, 1.807) is 18.2 Å². The summed E-state index contributed by atoms with van der Waals surface area (Å²) in [6.45, 7) is 3.78. The van der Waals surface area contributed by atoms with Gasteiger partial charge in [-0.25, -0.2) is 5.43 Å². The zero-order chi connectivity index (χ0) is 20.1. The van der Waals surface area contributed by atoms with Crippen LogP contribution >= 0.6 is 27.5 Å². The molecule has 3 aromatic rings. The van der Waals surface area contributed by atoms with Gasteiger partial charge in [-0.15, -0.1) is 0 Å². The average Bonchev–Trinajstić information content (AvgIpc) is 3.10. The molecule has 0 bridgehead atoms. The van der Waals surface area contributed by atoms with Crippen molar-refractivity contribution in [2.24, 2.45) is 5.10 Å². The molecule has 5 nitrogen and oxygen atoms in total. The van der Waals surface area contributed by atoms with Crippen LogP contribution in [0.5, 0.6) is 5.75 Å². The van der Waals surface area contributed by atoms with E-state index in [1.807, 2.05) is 44.2 Å². The molecule has 0 unspecified atom stereocenters. The molecule has 0 atom stereocenters. The van der Waals surface area contributed by atoms with Gasteiger partial charge in [0.05, 0.1) is 10.7 Å². The number of ether oxygens (including phenoxy) is 1. The molecule has 2 aromatic carbocycles. The summed E-state index contributed by atoms with van der Waals surface area (Å²) in [6.07, 6.45) is 1.43. The minimum absolute atomic E-state index is 0.145. The second-order valence-electron chi connectivity index (χ2n) is 6.18. The predicted octanol–water partition coefficient (Wildman–Crippen LogP) is 5.51. The summed E-state index contributed by atoms with van der Waals surface area (Å²) >= 11 is 9.34. The van der Waals surface area contributed by atoms with Crippen molar-refractivity contribution in [3.05, 3.63) is 74.9 Å². The number of aryl methyl sites for hydroxylation is 2. The smallest absolute Gasteiger partial charge is 0.277 e.